The van der Waals surface area contributed by atoms with E-state index in [0.29, 0.717) is 0 Å². The van der Waals surface area contributed by atoms with Gasteiger partial charge in [0.15, 0.2) is 0 Å². The van der Waals surface area contributed by atoms with Crippen molar-refractivity contribution in [2.75, 3.05) is 22.9 Å². The van der Waals surface area contributed by atoms with Gasteiger partial charge >= 0.3 is 0 Å². The van der Waals surface area contributed by atoms with Crippen molar-refractivity contribution in [2.24, 2.45) is 0 Å². The van der Waals surface area contributed by atoms with Crippen molar-refractivity contribution in [1.82, 2.24) is 0 Å². The lowest BCUT2D eigenvalue weighted by molar-refractivity contribution is -0.0691. The van der Waals surface area contributed by atoms with Crippen LogP contribution in [0.25, 0.3) is 0 Å². The molecule has 8 aromatic carbocycles. The lowest BCUT2D eigenvalue weighted by Crippen LogP contribution is -2.67. The van der Waals surface area contributed by atoms with E-state index in [1.165, 1.54) is 22.3 Å². The first-order valence-electron chi connectivity index (χ1n) is 24.0. The Kier molecular flexibility index (Phi) is 11.1. The van der Waals surface area contributed by atoms with Gasteiger partial charge in [-0.2, -0.15) is 0 Å². The highest BCUT2D eigenvalue weighted by molar-refractivity contribution is 5.56. The van der Waals surface area contributed by atoms with Gasteiger partial charge < -0.3 is 22.9 Å². The maximum absolute atomic E-state index is 5.97. The fourth-order valence-electron chi connectivity index (χ4n) is 12.3. The topological polar surface area (TPSA) is 104 Å². The monoisotopic (exact) mass is 900 g/mol. The molecule has 0 aromatic heterocycles. The van der Waals surface area contributed by atoms with Crippen molar-refractivity contribution in [3.63, 3.8) is 0 Å². The third kappa shape index (κ3) is 8.77. The molecule has 4 aliphatic rings. The predicted molar refractivity (Wildman–Crippen MR) is 288 cm³/mol. The summed E-state index contributed by atoms with van der Waals surface area (Å²) in [5.74, 6) is 27.1. The van der Waals surface area contributed by atoms with Crippen LogP contribution in [0.5, 0.6) is 0 Å². The Hall–Kier alpha value is -8.80. The Morgan fingerprint density at radius 2 is 0.329 bits per heavy atom. The second kappa shape index (κ2) is 17.7. The zero-order valence-corrected chi connectivity index (χ0v) is 39.0. The van der Waals surface area contributed by atoms with E-state index in [1.807, 2.05) is 97.1 Å². The van der Waals surface area contributed by atoms with Gasteiger partial charge in [0.1, 0.15) is 0 Å². The molecular formula is C66H52N4. The summed E-state index contributed by atoms with van der Waals surface area (Å²) in [6.07, 6.45) is 6.29. The van der Waals surface area contributed by atoms with Crippen LogP contribution in [-0.4, -0.2) is 0 Å². The second-order valence-corrected chi connectivity index (χ2v) is 20.0. The van der Waals surface area contributed by atoms with Crippen molar-refractivity contribution < 1.29 is 0 Å². The van der Waals surface area contributed by atoms with Gasteiger partial charge in [0.05, 0.1) is 0 Å². The summed E-state index contributed by atoms with van der Waals surface area (Å²) in [7, 11) is 0. The standard InChI is InChI=1S/C66H52N4/c67-59-33-17-51(18-34-59)5-1-47-9-25-55(26-10-47)63-41-64(56-27-11-48(12-28-56)2-6-52-19-35-60(68)36-20-52)44-65(42-63,57-29-13-49(14-30-57)3-7-53-21-37-61(69)38-22-53)46-66(43-63,45-64)58-31-15-50(16-32-58)4-8-54-23-39-62(70)40-24-54/h9-40H,41-46,67-70H2. The predicted octanol–water partition coefficient (Wildman–Crippen LogP) is 12.0. The molecule has 0 unspecified atom stereocenters. The molecule has 0 heterocycles. The summed E-state index contributed by atoms with van der Waals surface area (Å²) in [5.41, 5.74) is 39.5. The van der Waals surface area contributed by atoms with Crippen LogP contribution in [0.1, 0.15) is 105 Å². The zero-order chi connectivity index (χ0) is 47.8. The van der Waals surface area contributed by atoms with Gasteiger partial charge in [0.25, 0.3) is 0 Å². The Morgan fingerprint density at radius 3 is 0.471 bits per heavy atom. The average Bonchev–Trinajstić information content (AvgIpc) is 3.38. The van der Waals surface area contributed by atoms with Crippen molar-refractivity contribution >= 4 is 22.7 Å². The molecule has 0 amide bonds. The molecule has 0 spiro atoms. The van der Waals surface area contributed by atoms with Crippen LogP contribution in [0.4, 0.5) is 22.7 Å². The number of hydrogen-bond donors (Lipinski definition) is 4. The third-order valence-electron chi connectivity index (χ3n) is 15.1. The maximum atomic E-state index is 5.97. The van der Waals surface area contributed by atoms with E-state index >= 15 is 0 Å². The van der Waals surface area contributed by atoms with Crippen LogP contribution in [-0.2, 0) is 21.7 Å². The minimum absolute atomic E-state index is 0.132. The third-order valence-corrected chi connectivity index (χ3v) is 15.1. The highest BCUT2D eigenvalue weighted by Gasteiger charge is 2.69. The summed E-state index contributed by atoms with van der Waals surface area (Å²) in [6.45, 7) is 0. The molecular weight excluding hydrogens is 849 g/mol. The lowest BCUT2D eigenvalue weighted by Gasteiger charge is -2.71. The molecule has 0 saturated heterocycles. The first-order chi connectivity index (χ1) is 34.0. The normalized spacial score (nSPS) is 21.4. The quantitative estimate of drug-likeness (QED) is 0.104. The van der Waals surface area contributed by atoms with Crippen molar-refractivity contribution in [3.8, 4) is 47.4 Å². The Bertz CT molecular complexity index is 2970. The summed E-state index contributed by atoms with van der Waals surface area (Å²) in [4.78, 5) is 0. The van der Waals surface area contributed by atoms with Crippen LogP contribution in [0, 0.1) is 47.4 Å². The number of rotatable bonds is 4. The molecule has 12 rings (SSSR count). The van der Waals surface area contributed by atoms with Crippen molar-refractivity contribution in [2.45, 2.75) is 60.2 Å². The average molecular weight is 901 g/mol. The van der Waals surface area contributed by atoms with Crippen LogP contribution in [0.3, 0.4) is 0 Å². The molecule has 4 saturated carbocycles. The molecule has 4 fully saturated rings. The van der Waals surface area contributed by atoms with Gasteiger partial charge in [0.2, 0.25) is 0 Å². The van der Waals surface area contributed by atoms with Gasteiger partial charge in [-0.05, 0) is 228 Å². The summed E-state index contributed by atoms with van der Waals surface area (Å²) < 4.78 is 0. The fourth-order valence-corrected chi connectivity index (χ4v) is 12.3. The molecule has 0 radical (unpaired) electrons. The van der Waals surface area contributed by atoms with Gasteiger partial charge in [-0.3, -0.25) is 0 Å². The number of benzene rings is 8. The molecule has 4 heteroatoms. The first-order valence-corrected chi connectivity index (χ1v) is 24.0. The molecule has 0 atom stereocenters. The molecule has 4 nitrogen and oxygen atoms in total. The summed E-state index contributed by atoms with van der Waals surface area (Å²) in [6, 6.07) is 67.7. The summed E-state index contributed by atoms with van der Waals surface area (Å²) in [5, 5.41) is 0. The van der Waals surface area contributed by atoms with E-state index in [-0.39, 0.29) is 21.7 Å². The molecule has 4 bridgehead atoms. The number of anilines is 4. The highest BCUT2D eigenvalue weighted by atomic mass is 14.7. The Labute approximate surface area is 412 Å². The molecule has 70 heavy (non-hydrogen) atoms. The van der Waals surface area contributed by atoms with E-state index < -0.39 is 0 Å². The molecule has 4 aliphatic carbocycles. The van der Waals surface area contributed by atoms with Crippen LogP contribution in [0.15, 0.2) is 194 Å². The van der Waals surface area contributed by atoms with Crippen LogP contribution < -0.4 is 22.9 Å². The summed E-state index contributed by atoms with van der Waals surface area (Å²) >= 11 is 0. The molecule has 8 aromatic rings. The largest absolute Gasteiger partial charge is 0.399 e. The molecule has 0 aliphatic heterocycles. The number of hydrogen-bond acceptors (Lipinski definition) is 4. The van der Waals surface area contributed by atoms with Crippen LogP contribution in [0.2, 0.25) is 0 Å². The Morgan fingerprint density at radius 1 is 0.200 bits per heavy atom. The van der Waals surface area contributed by atoms with E-state index in [2.05, 4.69) is 144 Å². The highest BCUT2D eigenvalue weighted by Crippen LogP contribution is 2.74. The minimum atomic E-state index is -0.132. The van der Waals surface area contributed by atoms with Gasteiger partial charge in [-0.25, -0.2) is 0 Å². The van der Waals surface area contributed by atoms with Crippen molar-refractivity contribution in [3.05, 3.63) is 261 Å². The van der Waals surface area contributed by atoms with E-state index in [1.54, 1.807) is 0 Å². The second-order valence-electron chi connectivity index (χ2n) is 20.0. The SMILES string of the molecule is Nc1ccc(C#Cc2ccc(C34CC5(c6ccc(C#Cc7ccc(N)cc7)cc6)CC(c6ccc(C#Cc7ccc(N)cc7)cc6)(C3)CC(c3ccc(C#Cc6ccc(N)cc6)cc3)(C4)C5)cc2)cc1. The minimum Gasteiger partial charge on any atom is -0.399 e. The first kappa shape index (κ1) is 43.8. The van der Waals surface area contributed by atoms with E-state index in [9.17, 15) is 0 Å². The molecule has 8 N–H and O–H groups in total. The Balaban J connectivity index is 1.03. The lowest BCUT2D eigenvalue weighted by atomic mass is 9.32. The van der Waals surface area contributed by atoms with E-state index in [4.69, 9.17) is 22.9 Å². The van der Waals surface area contributed by atoms with Gasteiger partial charge in [-0.15, -0.1) is 0 Å². The number of nitrogens with two attached hydrogens (primary N) is 4. The van der Waals surface area contributed by atoms with Crippen LogP contribution >= 0.6 is 0 Å². The van der Waals surface area contributed by atoms with Gasteiger partial charge in [0, 0.05) is 67.3 Å². The smallest absolute Gasteiger partial charge is 0.0314 e. The number of nitrogen functional groups attached to an aromatic ring is 4. The van der Waals surface area contributed by atoms with Gasteiger partial charge in [-0.1, -0.05) is 95.9 Å². The zero-order valence-electron chi connectivity index (χ0n) is 39.0. The maximum Gasteiger partial charge on any atom is 0.0314 e. The molecule has 336 valence electrons. The van der Waals surface area contributed by atoms with Crippen molar-refractivity contribution in [1.29, 1.82) is 0 Å². The van der Waals surface area contributed by atoms with E-state index in [0.717, 1.165) is 106 Å². The fraction of sp³-hybridized carbons (Fsp3) is 0.152.